The highest BCUT2D eigenvalue weighted by Gasteiger charge is 2.44. The van der Waals surface area contributed by atoms with E-state index in [-0.39, 0.29) is 24.8 Å². The topological polar surface area (TPSA) is 205 Å². The monoisotopic (exact) mass is 552 g/mol. The quantitative estimate of drug-likeness (QED) is 0.0407. The van der Waals surface area contributed by atoms with Crippen LogP contribution in [0.5, 0.6) is 0 Å². The molecule has 0 spiro atoms. The highest BCUT2D eigenvalue weighted by Crippen LogP contribution is 2.41. The zero-order valence-electron chi connectivity index (χ0n) is 21.2. The number of nitrogens with zero attached hydrogens (tertiary/aromatic N) is 4. The molecule has 3 atom stereocenters. The fourth-order valence-electron chi connectivity index (χ4n) is 5.07. The lowest BCUT2D eigenvalue weighted by molar-refractivity contribution is -0.525. The number of aliphatic imine (C=N–C) groups is 1. The maximum absolute atomic E-state index is 13.7. The summed E-state index contributed by atoms with van der Waals surface area (Å²) >= 11 is 1.23. The van der Waals surface area contributed by atoms with Crippen molar-refractivity contribution < 1.29 is 24.6 Å². The molecule has 14 nitrogen and oxygen atoms in total. The molecule has 0 unspecified atom stereocenters. The van der Waals surface area contributed by atoms with Gasteiger partial charge in [-0.3, -0.25) is 19.6 Å². The number of aromatic nitrogens is 1. The molecular weight excluding hydrogens is 516 g/mol. The molecule has 2 fully saturated rings. The molecule has 0 aliphatic heterocycles. The lowest BCUT2D eigenvalue weighted by Gasteiger charge is -2.34. The normalized spacial score (nSPS) is 18.6. The SMILES string of the molecule is NC(=NCCC[C@@H](NC(=O)[C@@H](CC1CCCCC1)[C@@H](C1CC1)N(O)C=O)C(=O)Nc1nccs1)N[N+](=O)[O-]. The molecule has 2 saturated carbocycles. The Hall–Kier alpha value is -3.33. The predicted octanol–water partition coefficient (Wildman–Crippen LogP) is 1.66. The number of carbonyl (C=O) groups is 3. The van der Waals surface area contributed by atoms with E-state index in [1.807, 2.05) is 0 Å². The number of anilines is 1. The largest absolute Gasteiger partial charge is 0.365 e. The average Bonchev–Trinajstić information content (AvgIpc) is 3.59. The van der Waals surface area contributed by atoms with Gasteiger partial charge in [-0.2, -0.15) is 0 Å². The minimum absolute atomic E-state index is 0.0264. The van der Waals surface area contributed by atoms with Crippen LogP contribution in [0, 0.1) is 27.9 Å². The van der Waals surface area contributed by atoms with Crippen molar-refractivity contribution >= 4 is 40.7 Å². The minimum Gasteiger partial charge on any atom is -0.365 e. The molecule has 0 saturated heterocycles. The van der Waals surface area contributed by atoms with Crippen molar-refractivity contribution in [3.63, 3.8) is 0 Å². The van der Waals surface area contributed by atoms with Gasteiger partial charge >= 0.3 is 0 Å². The Bertz CT molecular complexity index is 967. The van der Waals surface area contributed by atoms with E-state index in [2.05, 4.69) is 20.6 Å². The van der Waals surface area contributed by atoms with Crippen molar-refractivity contribution in [1.82, 2.24) is 20.8 Å². The first-order chi connectivity index (χ1) is 18.3. The number of hydrogen-bond donors (Lipinski definition) is 5. The van der Waals surface area contributed by atoms with Crippen LogP contribution in [0.15, 0.2) is 16.6 Å². The van der Waals surface area contributed by atoms with Gasteiger partial charge in [0.15, 0.2) is 10.2 Å². The van der Waals surface area contributed by atoms with Crippen LogP contribution in [0.3, 0.4) is 0 Å². The van der Waals surface area contributed by atoms with Crippen LogP contribution in [0.4, 0.5) is 5.13 Å². The summed E-state index contributed by atoms with van der Waals surface area (Å²) in [5.41, 5.74) is 7.20. The molecule has 6 N–H and O–H groups in total. The summed E-state index contributed by atoms with van der Waals surface area (Å²) in [5.74, 6) is -1.57. The number of nitro groups is 1. The van der Waals surface area contributed by atoms with Crippen molar-refractivity contribution in [2.24, 2.45) is 28.5 Å². The molecule has 0 aromatic carbocycles. The summed E-state index contributed by atoms with van der Waals surface area (Å²) in [6, 6.07) is -1.61. The van der Waals surface area contributed by atoms with Crippen LogP contribution >= 0.6 is 11.3 Å². The molecular formula is C23H36N8O6S. The van der Waals surface area contributed by atoms with Gasteiger partial charge in [-0.1, -0.05) is 37.5 Å². The zero-order valence-corrected chi connectivity index (χ0v) is 22.0. The van der Waals surface area contributed by atoms with E-state index in [0.717, 1.165) is 44.9 Å². The first-order valence-electron chi connectivity index (χ1n) is 12.9. The Morgan fingerprint density at radius 1 is 1.29 bits per heavy atom. The third-order valence-corrected chi connectivity index (χ3v) is 7.70. The predicted molar refractivity (Wildman–Crippen MR) is 139 cm³/mol. The molecule has 3 rings (SSSR count). The molecule has 38 heavy (non-hydrogen) atoms. The standard InChI is InChI=1S/C23H36N8O6S/c24-22(29-31(36)37)25-10-4-7-18(21(34)28-23-26-11-12-38-23)27-20(33)17(13-15-5-2-1-3-6-15)19(16-8-9-16)30(35)14-32/h11-12,14-19,35H,1-10,13H2,(H,27,33)(H3,24,25,29)(H,26,28,34)/t17-,18+,19+/m0/s1. The highest BCUT2D eigenvalue weighted by molar-refractivity contribution is 7.13. The van der Waals surface area contributed by atoms with Gasteiger partial charge in [-0.25, -0.2) is 25.2 Å². The number of nitrogens with two attached hydrogens (primary N) is 1. The maximum Gasteiger partial charge on any atom is 0.251 e. The van der Waals surface area contributed by atoms with Crippen LogP contribution in [0.25, 0.3) is 0 Å². The molecule has 0 radical (unpaired) electrons. The third kappa shape index (κ3) is 9.20. The Morgan fingerprint density at radius 2 is 2.03 bits per heavy atom. The van der Waals surface area contributed by atoms with Crippen LogP contribution in [0.1, 0.15) is 64.2 Å². The summed E-state index contributed by atoms with van der Waals surface area (Å²) in [5, 5.41) is 28.3. The number of hydrazine groups is 1. The van der Waals surface area contributed by atoms with Gasteiger partial charge in [0.05, 0.1) is 12.0 Å². The molecule has 2 aliphatic carbocycles. The van der Waals surface area contributed by atoms with Gasteiger partial charge < -0.3 is 16.4 Å². The molecule has 3 amide bonds. The van der Waals surface area contributed by atoms with Gasteiger partial charge in [-0.15, -0.1) is 11.3 Å². The number of guanidine groups is 1. The summed E-state index contributed by atoms with van der Waals surface area (Å²) in [6.07, 6.45) is 9.81. The van der Waals surface area contributed by atoms with Crippen LogP contribution < -0.4 is 21.8 Å². The second-order valence-corrected chi connectivity index (χ2v) is 10.7. The fourth-order valence-corrected chi connectivity index (χ4v) is 5.60. The second-order valence-electron chi connectivity index (χ2n) is 9.83. The molecule has 0 bridgehead atoms. The fraction of sp³-hybridized carbons (Fsp3) is 0.696. The van der Waals surface area contributed by atoms with Crippen LogP contribution in [-0.4, -0.2) is 63.1 Å². The molecule has 1 aromatic rings. The van der Waals surface area contributed by atoms with Crippen LogP contribution in [-0.2, 0) is 14.4 Å². The lowest BCUT2D eigenvalue weighted by Crippen LogP contribution is -2.52. The van der Waals surface area contributed by atoms with Gasteiger partial charge in [0.25, 0.3) is 5.96 Å². The van der Waals surface area contributed by atoms with Crippen molar-refractivity contribution in [3.8, 4) is 0 Å². The van der Waals surface area contributed by atoms with E-state index in [0.29, 0.717) is 35.4 Å². The Labute approximate surface area is 224 Å². The Balaban J connectivity index is 1.74. The molecule has 2 aliphatic rings. The van der Waals surface area contributed by atoms with Crippen LogP contribution in [0.2, 0.25) is 0 Å². The number of rotatable bonds is 15. The van der Waals surface area contributed by atoms with Crippen molar-refractivity contribution in [2.75, 3.05) is 11.9 Å². The van der Waals surface area contributed by atoms with E-state index in [1.165, 1.54) is 11.3 Å². The number of carbonyl (C=O) groups excluding carboxylic acids is 3. The Morgan fingerprint density at radius 3 is 2.63 bits per heavy atom. The zero-order chi connectivity index (χ0) is 27.5. The van der Waals surface area contributed by atoms with Crippen molar-refractivity contribution in [1.29, 1.82) is 0 Å². The lowest BCUT2D eigenvalue weighted by atomic mass is 9.79. The maximum atomic E-state index is 13.7. The summed E-state index contributed by atoms with van der Waals surface area (Å²) in [4.78, 5) is 56.7. The van der Waals surface area contributed by atoms with Gasteiger partial charge in [0, 0.05) is 18.1 Å². The molecule has 1 aromatic heterocycles. The van der Waals surface area contributed by atoms with Gasteiger partial charge in [0.2, 0.25) is 18.2 Å². The smallest absolute Gasteiger partial charge is 0.251 e. The molecule has 210 valence electrons. The van der Waals surface area contributed by atoms with E-state index < -0.39 is 34.8 Å². The van der Waals surface area contributed by atoms with E-state index in [4.69, 9.17) is 5.73 Å². The first-order valence-corrected chi connectivity index (χ1v) is 13.8. The van der Waals surface area contributed by atoms with Gasteiger partial charge in [0.1, 0.15) is 6.04 Å². The average molecular weight is 553 g/mol. The number of nitrogens with one attached hydrogen (secondary N) is 3. The Kier molecular flexibility index (Phi) is 11.2. The third-order valence-electron chi connectivity index (χ3n) is 7.01. The number of hydroxylamine groups is 2. The first kappa shape index (κ1) is 29.2. The number of thiazole rings is 1. The molecule has 1 heterocycles. The number of hydrogen-bond acceptors (Lipinski definition) is 9. The van der Waals surface area contributed by atoms with E-state index >= 15 is 0 Å². The minimum atomic E-state index is -0.955. The summed E-state index contributed by atoms with van der Waals surface area (Å²) in [7, 11) is 0. The highest BCUT2D eigenvalue weighted by atomic mass is 32.1. The second kappa shape index (κ2) is 14.6. The summed E-state index contributed by atoms with van der Waals surface area (Å²) < 4.78 is 0. The van der Waals surface area contributed by atoms with Crippen molar-refractivity contribution in [3.05, 3.63) is 21.7 Å². The number of amides is 3. The molecule has 15 heteroatoms. The van der Waals surface area contributed by atoms with Crippen molar-refractivity contribution in [2.45, 2.75) is 76.3 Å². The van der Waals surface area contributed by atoms with Gasteiger partial charge in [-0.05, 0) is 43.9 Å². The summed E-state index contributed by atoms with van der Waals surface area (Å²) in [6.45, 7) is 0.0926. The van der Waals surface area contributed by atoms with E-state index in [1.54, 1.807) is 17.0 Å². The van der Waals surface area contributed by atoms with E-state index in [9.17, 15) is 29.7 Å².